The molecule has 0 aliphatic carbocycles. The standard InChI is InChI=1S/C37H49N3O4S/c1-4-6-8-10-12-14-26-43-35-25-22-33(28-36(35)44-27-15-13-11-9-7-5-2)37(32-20-18-31(29-38)19-21-32)39-40-45(41,42)34-23-16-30(3)17-24-34/h16-25,28,40H,4-15,26-27H2,1-3H3. The molecule has 1 N–H and O–H groups in total. The number of nitrogens with one attached hydrogen (secondary N) is 1. The summed E-state index contributed by atoms with van der Waals surface area (Å²) >= 11 is 0. The van der Waals surface area contributed by atoms with Gasteiger partial charge >= 0.3 is 0 Å². The molecule has 242 valence electrons. The van der Waals surface area contributed by atoms with Crippen molar-refractivity contribution >= 4 is 15.7 Å². The Kier molecular flexibility index (Phi) is 15.5. The number of hydrogen-bond donors (Lipinski definition) is 1. The number of hydrogen-bond acceptors (Lipinski definition) is 6. The highest BCUT2D eigenvalue weighted by atomic mass is 32.2. The first-order valence-electron chi connectivity index (χ1n) is 16.4. The van der Waals surface area contributed by atoms with E-state index >= 15 is 0 Å². The third-order valence-corrected chi connectivity index (χ3v) is 8.85. The predicted octanol–water partition coefficient (Wildman–Crippen LogP) is 9.08. The summed E-state index contributed by atoms with van der Waals surface area (Å²) in [6.45, 7) is 7.50. The largest absolute Gasteiger partial charge is 0.490 e. The first-order chi connectivity index (χ1) is 21.9. The van der Waals surface area contributed by atoms with Gasteiger partial charge in [-0.25, -0.2) is 0 Å². The topological polar surface area (TPSA) is 101 Å². The highest BCUT2D eigenvalue weighted by Gasteiger charge is 2.17. The third kappa shape index (κ3) is 12.2. The molecule has 3 rings (SSSR count). The Morgan fingerprint density at radius 1 is 0.711 bits per heavy atom. The van der Waals surface area contributed by atoms with Crippen molar-refractivity contribution in [3.8, 4) is 17.6 Å². The summed E-state index contributed by atoms with van der Waals surface area (Å²) in [6.07, 6.45) is 14.0. The summed E-state index contributed by atoms with van der Waals surface area (Å²) in [5, 5.41) is 13.7. The van der Waals surface area contributed by atoms with Gasteiger partial charge in [0, 0.05) is 11.1 Å². The van der Waals surface area contributed by atoms with E-state index < -0.39 is 10.0 Å². The summed E-state index contributed by atoms with van der Waals surface area (Å²) in [5.41, 5.74) is 3.18. The Bertz CT molecular complexity index is 1480. The zero-order chi connectivity index (χ0) is 32.3. The molecule has 3 aromatic carbocycles. The van der Waals surface area contributed by atoms with Gasteiger partial charge in [0.25, 0.3) is 10.0 Å². The summed E-state index contributed by atoms with van der Waals surface area (Å²) in [7, 11) is -3.92. The smallest absolute Gasteiger partial charge is 0.276 e. The number of benzene rings is 3. The van der Waals surface area contributed by atoms with Crippen LogP contribution in [0.25, 0.3) is 0 Å². The van der Waals surface area contributed by atoms with Crippen molar-refractivity contribution in [2.24, 2.45) is 5.10 Å². The highest BCUT2D eigenvalue weighted by molar-refractivity contribution is 7.89. The zero-order valence-corrected chi connectivity index (χ0v) is 28.0. The van der Waals surface area contributed by atoms with Crippen LogP contribution in [0, 0.1) is 18.3 Å². The Balaban J connectivity index is 1.87. The molecule has 0 fully saturated rings. The van der Waals surface area contributed by atoms with Crippen LogP contribution in [0.15, 0.2) is 76.7 Å². The molecule has 0 unspecified atom stereocenters. The van der Waals surface area contributed by atoms with Crippen molar-refractivity contribution in [3.05, 3.63) is 89.0 Å². The minimum Gasteiger partial charge on any atom is -0.490 e. The van der Waals surface area contributed by atoms with Crippen LogP contribution < -0.4 is 14.3 Å². The number of hydrazone groups is 1. The van der Waals surface area contributed by atoms with Crippen LogP contribution in [0.2, 0.25) is 0 Å². The van der Waals surface area contributed by atoms with E-state index in [0.717, 1.165) is 31.2 Å². The van der Waals surface area contributed by atoms with Crippen LogP contribution in [-0.2, 0) is 10.0 Å². The average molecular weight is 632 g/mol. The SMILES string of the molecule is CCCCCCCCOc1ccc(C(=NNS(=O)(=O)c2ccc(C)cc2)c2ccc(C#N)cc2)cc1OCCCCCCCC. The van der Waals surface area contributed by atoms with Crippen molar-refractivity contribution in [2.45, 2.75) is 103 Å². The Morgan fingerprint density at radius 2 is 1.24 bits per heavy atom. The van der Waals surface area contributed by atoms with E-state index in [1.165, 1.54) is 51.4 Å². The Hall–Kier alpha value is -3.83. The fourth-order valence-electron chi connectivity index (χ4n) is 4.89. The van der Waals surface area contributed by atoms with Gasteiger partial charge in [-0.05, 0) is 62.2 Å². The lowest BCUT2D eigenvalue weighted by Crippen LogP contribution is -2.21. The number of ether oxygens (including phenoxy) is 2. The number of aryl methyl sites for hydroxylation is 1. The van der Waals surface area contributed by atoms with E-state index in [1.807, 2.05) is 25.1 Å². The van der Waals surface area contributed by atoms with Gasteiger partial charge < -0.3 is 9.47 Å². The molecule has 0 aliphatic heterocycles. The average Bonchev–Trinajstić information content (AvgIpc) is 3.05. The minimum atomic E-state index is -3.92. The fourth-order valence-corrected chi connectivity index (χ4v) is 5.70. The molecule has 0 radical (unpaired) electrons. The molecule has 0 bridgehead atoms. The fraction of sp³-hybridized carbons (Fsp3) is 0.459. The van der Waals surface area contributed by atoms with Gasteiger partial charge in [0.15, 0.2) is 11.5 Å². The lowest BCUT2D eigenvalue weighted by atomic mass is 10.0. The molecule has 8 heteroatoms. The zero-order valence-electron chi connectivity index (χ0n) is 27.2. The van der Waals surface area contributed by atoms with Gasteiger partial charge in [0.2, 0.25) is 0 Å². The summed E-state index contributed by atoms with van der Waals surface area (Å²) in [6, 6.07) is 21.2. The van der Waals surface area contributed by atoms with Crippen molar-refractivity contribution < 1.29 is 17.9 Å². The summed E-state index contributed by atoms with van der Waals surface area (Å²) < 4.78 is 38.7. The van der Waals surface area contributed by atoms with Crippen LogP contribution in [0.1, 0.15) is 113 Å². The molecule has 0 atom stereocenters. The van der Waals surface area contributed by atoms with Gasteiger partial charge in [0.1, 0.15) is 0 Å². The maximum Gasteiger partial charge on any atom is 0.276 e. The maximum absolute atomic E-state index is 13.1. The predicted molar refractivity (Wildman–Crippen MR) is 182 cm³/mol. The number of rotatable bonds is 21. The van der Waals surface area contributed by atoms with Gasteiger partial charge in [-0.2, -0.15) is 23.6 Å². The molecule has 3 aromatic rings. The van der Waals surface area contributed by atoms with Gasteiger partial charge in [-0.1, -0.05) is 108 Å². The van der Waals surface area contributed by atoms with E-state index in [1.54, 1.807) is 48.5 Å². The van der Waals surface area contributed by atoms with Crippen molar-refractivity contribution in [3.63, 3.8) is 0 Å². The number of sulfonamides is 1. The number of nitriles is 1. The monoisotopic (exact) mass is 631 g/mol. The molecular weight excluding hydrogens is 582 g/mol. The lowest BCUT2D eigenvalue weighted by molar-refractivity contribution is 0.258. The molecule has 0 saturated heterocycles. The molecule has 7 nitrogen and oxygen atoms in total. The molecule has 0 amide bonds. The maximum atomic E-state index is 13.1. The third-order valence-electron chi connectivity index (χ3n) is 7.62. The molecule has 0 heterocycles. The Morgan fingerprint density at radius 3 is 1.82 bits per heavy atom. The van der Waals surface area contributed by atoms with E-state index in [0.29, 0.717) is 47.1 Å². The number of unbranched alkanes of at least 4 members (excludes halogenated alkanes) is 10. The van der Waals surface area contributed by atoms with Crippen molar-refractivity contribution in [1.82, 2.24) is 4.83 Å². The van der Waals surface area contributed by atoms with Gasteiger partial charge in [-0.3, -0.25) is 0 Å². The second-order valence-electron chi connectivity index (χ2n) is 11.5. The van der Waals surface area contributed by atoms with Gasteiger partial charge in [-0.15, -0.1) is 0 Å². The second kappa shape index (κ2) is 19.5. The van der Waals surface area contributed by atoms with Crippen LogP contribution in [0.5, 0.6) is 11.5 Å². The Labute approximate surface area is 270 Å². The second-order valence-corrected chi connectivity index (χ2v) is 13.1. The van der Waals surface area contributed by atoms with Crippen LogP contribution >= 0.6 is 0 Å². The molecule has 0 spiro atoms. The minimum absolute atomic E-state index is 0.123. The van der Waals surface area contributed by atoms with E-state index in [-0.39, 0.29) is 4.90 Å². The van der Waals surface area contributed by atoms with E-state index in [9.17, 15) is 13.7 Å². The van der Waals surface area contributed by atoms with Crippen molar-refractivity contribution in [2.75, 3.05) is 13.2 Å². The molecular formula is C37H49N3O4S. The number of nitrogens with zero attached hydrogens (tertiary/aromatic N) is 2. The lowest BCUT2D eigenvalue weighted by Gasteiger charge is -2.16. The van der Waals surface area contributed by atoms with E-state index in [2.05, 4.69) is 29.8 Å². The van der Waals surface area contributed by atoms with Crippen LogP contribution in [-0.4, -0.2) is 27.3 Å². The normalized spacial score (nSPS) is 11.6. The first-order valence-corrected chi connectivity index (χ1v) is 17.9. The van der Waals surface area contributed by atoms with Crippen LogP contribution in [0.4, 0.5) is 0 Å². The first kappa shape index (κ1) is 35.6. The molecule has 45 heavy (non-hydrogen) atoms. The molecule has 0 saturated carbocycles. The highest BCUT2D eigenvalue weighted by Crippen LogP contribution is 2.30. The summed E-state index contributed by atoms with van der Waals surface area (Å²) in [5.74, 6) is 1.27. The van der Waals surface area contributed by atoms with Crippen LogP contribution in [0.3, 0.4) is 0 Å². The quantitative estimate of drug-likeness (QED) is 0.0718. The molecule has 0 aliphatic rings. The van der Waals surface area contributed by atoms with E-state index in [4.69, 9.17) is 9.47 Å². The molecule has 0 aromatic heterocycles. The van der Waals surface area contributed by atoms with Gasteiger partial charge in [0.05, 0.1) is 35.5 Å². The summed E-state index contributed by atoms with van der Waals surface area (Å²) in [4.78, 5) is 2.54. The van der Waals surface area contributed by atoms with Crippen molar-refractivity contribution in [1.29, 1.82) is 5.26 Å².